The maximum absolute atomic E-state index is 5.87. The Bertz CT molecular complexity index is 376. The molecule has 0 radical (unpaired) electrons. The Morgan fingerprint density at radius 2 is 2.12 bits per heavy atom. The Labute approximate surface area is 104 Å². The second-order valence-electron chi connectivity index (χ2n) is 5.18. The molecule has 0 spiro atoms. The normalized spacial score (nSPS) is 24.1. The van der Waals surface area contributed by atoms with Crippen LogP contribution >= 0.6 is 0 Å². The van der Waals surface area contributed by atoms with Crippen molar-refractivity contribution in [2.24, 2.45) is 5.92 Å². The monoisotopic (exact) mass is 233 g/mol. The molecule has 3 heteroatoms. The summed E-state index contributed by atoms with van der Waals surface area (Å²) >= 11 is 0. The van der Waals surface area contributed by atoms with Crippen LogP contribution in [0.25, 0.3) is 0 Å². The largest absolute Gasteiger partial charge is 0.384 e. The number of aryl methyl sites for hydroxylation is 1. The van der Waals surface area contributed by atoms with Crippen LogP contribution < -0.4 is 5.73 Å². The summed E-state index contributed by atoms with van der Waals surface area (Å²) in [6.45, 7) is 4.44. The summed E-state index contributed by atoms with van der Waals surface area (Å²) in [7, 11) is 0. The van der Waals surface area contributed by atoms with E-state index >= 15 is 0 Å². The maximum Gasteiger partial charge on any atom is 0.134 e. The summed E-state index contributed by atoms with van der Waals surface area (Å²) < 4.78 is 0. The highest BCUT2D eigenvalue weighted by molar-refractivity contribution is 5.30. The lowest BCUT2D eigenvalue weighted by Gasteiger charge is -2.11. The van der Waals surface area contributed by atoms with E-state index in [1.807, 2.05) is 6.07 Å². The van der Waals surface area contributed by atoms with Gasteiger partial charge >= 0.3 is 0 Å². The van der Waals surface area contributed by atoms with Crippen molar-refractivity contribution in [1.82, 2.24) is 9.97 Å². The molecule has 1 heterocycles. The van der Waals surface area contributed by atoms with Gasteiger partial charge in [0.05, 0.1) is 0 Å². The molecule has 1 aromatic heterocycles. The molecule has 0 bridgehead atoms. The molecule has 2 unspecified atom stereocenters. The zero-order chi connectivity index (χ0) is 12.3. The number of aromatic nitrogens is 2. The van der Waals surface area contributed by atoms with Gasteiger partial charge in [0.2, 0.25) is 0 Å². The molecule has 0 saturated heterocycles. The molecule has 1 aliphatic rings. The van der Waals surface area contributed by atoms with E-state index in [-0.39, 0.29) is 0 Å². The Hall–Kier alpha value is -1.12. The van der Waals surface area contributed by atoms with Crippen LogP contribution in [-0.2, 0) is 6.42 Å². The van der Waals surface area contributed by atoms with E-state index in [1.54, 1.807) is 0 Å². The van der Waals surface area contributed by atoms with Crippen LogP contribution in [0.3, 0.4) is 0 Å². The highest BCUT2D eigenvalue weighted by Crippen LogP contribution is 2.38. The van der Waals surface area contributed by atoms with Gasteiger partial charge in [-0.25, -0.2) is 9.97 Å². The topological polar surface area (TPSA) is 51.8 Å². The fourth-order valence-electron chi connectivity index (χ4n) is 2.79. The third kappa shape index (κ3) is 2.96. The molecule has 1 saturated carbocycles. The molecule has 0 amide bonds. The van der Waals surface area contributed by atoms with Gasteiger partial charge in [-0.15, -0.1) is 0 Å². The Morgan fingerprint density at radius 1 is 1.29 bits per heavy atom. The smallest absolute Gasteiger partial charge is 0.134 e. The molecule has 0 aliphatic heterocycles. The van der Waals surface area contributed by atoms with E-state index in [9.17, 15) is 0 Å². The lowest BCUT2D eigenvalue weighted by Crippen LogP contribution is -2.07. The first-order valence-corrected chi connectivity index (χ1v) is 6.86. The summed E-state index contributed by atoms with van der Waals surface area (Å²) in [5.41, 5.74) is 6.98. The predicted octanol–water partition coefficient (Wildman–Crippen LogP) is 3.31. The van der Waals surface area contributed by atoms with Crippen LogP contribution in [0, 0.1) is 5.92 Å². The maximum atomic E-state index is 5.87. The van der Waals surface area contributed by atoms with Crippen molar-refractivity contribution < 1.29 is 0 Å². The minimum Gasteiger partial charge on any atom is -0.384 e. The molecule has 1 fully saturated rings. The lowest BCUT2D eigenvalue weighted by atomic mass is 10.0. The van der Waals surface area contributed by atoms with Gasteiger partial charge in [-0.3, -0.25) is 0 Å². The molecule has 2 atom stereocenters. The minimum absolute atomic E-state index is 0.541. The molecule has 1 aromatic rings. The van der Waals surface area contributed by atoms with Crippen molar-refractivity contribution in [3.05, 3.63) is 17.6 Å². The van der Waals surface area contributed by atoms with E-state index < -0.39 is 0 Å². The van der Waals surface area contributed by atoms with E-state index in [0.29, 0.717) is 11.7 Å². The predicted molar refractivity (Wildman–Crippen MR) is 70.8 cm³/mol. The van der Waals surface area contributed by atoms with E-state index in [4.69, 9.17) is 5.73 Å². The number of nitrogen functional groups attached to an aromatic ring is 1. The number of hydrogen-bond acceptors (Lipinski definition) is 3. The quantitative estimate of drug-likeness (QED) is 0.868. The van der Waals surface area contributed by atoms with Crippen LogP contribution in [0.2, 0.25) is 0 Å². The highest BCUT2D eigenvalue weighted by Gasteiger charge is 2.26. The van der Waals surface area contributed by atoms with Gasteiger partial charge < -0.3 is 5.73 Å². The first-order valence-electron chi connectivity index (χ1n) is 6.86. The summed E-state index contributed by atoms with van der Waals surface area (Å²) in [6.07, 6.45) is 7.18. The van der Waals surface area contributed by atoms with Crippen molar-refractivity contribution in [3.63, 3.8) is 0 Å². The van der Waals surface area contributed by atoms with Gasteiger partial charge in [0.1, 0.15) is 11.6 Å². The summed E-state index contributed by atoms with van der Waals surface area (Å²) in [6, 6.07) is 1.92. The highest BCUT2D eigenvalue weighted by atomic mass is 15.0. The molecule has 0 aromatic carbocycles. The van der Waals surface area contributed by atoms with Gasteiger partial charge in [0.25, 0.3) is 0 Å². The zero-order valence-electron chi connectivity index (χ0n) is 10.9. The average molecular weight is 233 g/mol. The van der Waals surface area contributed by atoms with Crippen LogP contribution in [0.4, 0.5) is 5.82 Å². The fourth-order valence-corrected chi connectivity index (χ4v) is 2.79. The summed E-state index contributed by atoms with van der Waals surface area (Å²) in [4.78, 5) is 9.12. The van der Waals surface area contributed by atoms with E-state index in [2.05, 4.69) is 23.8 Å². The number of nitrogens with zero attached hydrogens (tertiary/aromatic N) is 2. The van der Waals surface area contributed by atoms with Gasteiger partial charge in [-0.1, -0.05) is 26.7 Å². The summed E-state index contributed by atoms with van der Waals surface area (Å²) in [5.74, 6) is 3.03. The fraction of sp³-hybridized carbons (Fsp3) is 0.714. The van der Waals surface area contributed by atoms with Crippen molar-refractivity contribution in [2.75, 3.05) is 5.73 Å². The molecule has 17 heavy (non-hydrogen) atoms. The standard InChI is InChI=1S/C14H23N3/c1-3-5-12-9-13(15)17-14(16-12)11-7-6-10(4-2)8-11/h9-11H,3-8H2,1-2H3,(H2,15,16,17). The van der Waals surface area contributed by atoms with Crippen LogP contribution in [0.15, 0.2) is 6.07 Å². The molecule has 3 nitrogen and oxygen atoms in total. The summed E-state index contributed by atoms with van der Waals surface area (Å²) in [5, 5.41) is 0. The Kier molecular flexibility index (Phi) is 3.97. The van der Waals surface area contributed by atoms with Gasteiger partial charge in [0, 0.05) is 17.7 Å². The van der Waals surface area contributed by atoms with E-state index in [1.165, 1.54) is 25.7 Å². The minimum atomic E-state index is 0.541. The van der Waals surface area contributed by atoms with Gasteiger partial charge in [0.15, 0.2) is 0 Å². The van der Waals surface area contributed by atoms with Gasteiger partial charge in [-0.2, -0.15) is 0 Å². The number of rotatable bonds is 4. The van der Waals surface area contributed by atoms with Gasteiger partial charge in [-0.05, 0) is 31.6 Å². The second kappa shape index (κ2) is 5.48. The molecule has 2 N–H and O–H groups in total. The van der Waals surface area contributed by atoms with Crippen molar-refractivity contribution in [2.45, 2.75) is 58.3 Å². The second-order valence-corrected chi connectivity index (χ2v) is 5.18. The molecular formula is C14H23N3. The zero-order valence-corrected chi connectivity index (χ0v) is 10.9. The third-order valence-corrected chi connectivity index (χ3v) is 3.81. The molecule has 94 valence electrons. The van der Waals surface area contributed by atoms with Crippen LogP contribution in [0.1, 0.15) is 63.4 Å². The van der Waals surface area contributed by atoms with Crippen molar-refractivity contribution in [3.8, 4) is 0 Å². The number of hydrogen-bond donors (Lipinski definition) is 1. The van der Waals surface area contributed by atoms with Crippen molar-refractivity contribution >= 4 is 5.82 Å². The average Bonchev–Trinajstić information content (AvgIpc) is 2.77. The van der Waals surface area contributed by atoms with Crippen molar-refractivity contribution in [1.29, 1.82) is 0 Å². The third-order valence-electron chi connectivity index (χ3n) is 3.81. The molecular weight excluding hydrogens is 210 g/mol. The van der Waals surface area contributed by atoms with Crippen LogP contribution in [-0.4, -0.2) is 9.97 Å². The number of nitrogens with two attached hydrogens (primary N) is 1. The Morgan fingerprint density at radius 3 is 2.76 bits per heavy atom. The molecule has 1 aliphatic carbocycles. The Balaban J connectivity index is 2.15. The van der Waals surface area contributed by atoms with Crippen LogP contribution in [0.5, 0.6) is 0 Å². The first kappa shape index (κ1) is 12.3. The molecule has 2 rings (SSSR count). The first-order chi connectivity index (χ1) is 8.22. The SMILES string of the molecule is CCCc1cc(N)nc(C2CCC(CC)C2)n1. The lowest BCUT2D eigenvalue weighted by molar-refractivity contribution is 0.516. The van der Waals surface area contributed by atoms with E-state index in [0.717, 1.165) is 30.3 Å². The number of anilines is 1.